The molecule has 0 aliphatic carbocycles. The Morgan fingerprint density at radius 3 is 1.89 bits per heavy atom. The molecule has 0 atom stereocenters. The molecule has 35 heavy (non-hydrogen) atoms. The van der Waals surface area contributed by atoms with Gasteiger partial charge in [-0.2, -0.15) is 0 Å². The summed E-state index contributed by atoms with van der Waals surface area (Å²) < 4.78 is 0. The molecule has 2 aromatic carbocycles. The normalized spacial score (nSPS) is 18.3. The van der Waals surface area contributed by atoms with Gasteiger partial charge in [0.25, 0.3) is 0 Å². The van der Waals surface area contributed by atoms with Crippen LogP contribution in [-0.4, -0.2) is 70.9 Å². The minimum Gasteiger partial charge on any atom is -0.338 e. The Morgan fingerprint density at radius 1 is 0.714 bits per heavy atom. The SMILES string of the molecule is O=C1CC(c2ccccc2)(c2ccccc2)C(=O)N1CCCCN1CCN(c2ncccn2)CC1. The third-order valence-corrected chi connectivity index (χ3v) is 7.17. The van der Waals surface area contributed by atoms with Crippen LogP contribution in [0.1, 0.15) is 30.4 Å². The lowest BCUT2D eigenvalue weighted by molar-refractivity contribution is -0.139. The lowest BCUT2D eigenvalue weighted by Crippen LogP contribution is -2.47. The molecule has 2 aliphatic rings. The van der Waals surface area contributed by atoms with Crippen molar-refractivity contribution < 1.29 is 9.59 Å². The first kappa shape index (κ1) is 23.2. The first-order valence-electron chi connectivity index (χ1n) is 12.4. The molecule has 7 nitrogen and oxygen atoms in total. The smallest absolute Gasteiger partial charge is 0.244 e. The summed E-state index contributed by atoms with van der Waals surface area (Å²) in [6.07, 6.45) is 5.49. The number of hydrogen-bond acceptors (Lipinski definition) is 6. The molecule has 0 radical (unpaired) electrons. The average Bonchev–Trinajstić information content (AvgIpc) is 3.18. The van der Waals surface area contributed by atoms with Crippen LogP contribution in [0.15, 0.2) is 79.1 Å². The van der Waals surface area contributed by atoms with Crippen molar-refractivity contribution in [3.8, 4) is 0 Å². The molecule has 2 aliphatic heterocycles. The Morgan fingerprint density at radius 2 is 1.29 bits per heavy atom. The zero-order valence-corrected chi connectivity index (χ0v) is 19.9. The summed E-state index contributed by atoms with van der Waals surface area (Å²) in [6.45, 7) is 5.17. The van der Waals surface area contributed by atoms with Crippen LogP contribution in [0.5, 0.6) is 0 Å². The van der Waals surface area contributed by atoms with E-state index in [1.807, 2.05) is 66.7 Å². The molecule has 3 aromatic rings. The number of likely N-dealkylation sites (tertiary alicyclic amines) is 1. The Bertz CT molecular complexity index is 1090. The second-order valence-corrected chi connectivity index (χ2v) is 9.25. The van der Waals surface area contributed by atoms with Crippen molar-refractivity contribution in [1.82, 2.24) is 19.8 Å². The maximum Gasteiger partial charge on any atom is 0.244 e. The van der Waals surface area contributed by atoms with E-state index in [4.69, 9.17) is 0 Å². The lowest BCUT2D eigenvalue weighted by atomic mass is 9.73. The fraction of sp³-hybridized carbons (Fsp3) is 0.357. The van der Waals surface area contributed by atoms with Crippen molar-refractivity contribution in [2.75, 3.05) is 44.2 Å². The van der Waals surface area contributed by atoms with Gasteiger partial charge in [0, 0.05) is 51.5 Å². The molecule has 7 heteroatoms. The Balaban J connectivity index is 1.18. The van der Waals surface area contributed by atoms with Gasteiger partial charge in [-0.05, 0) is 36.6 Å². The number of anilines is 1. The van der Waals surface area contributed by atoms with Gasteiger partial charge in [0.1, 0.15) is 5.41 Å². The largest absolute Gasteiger partial charge is 0.338 e. The monoisotopic (exact) mass is 469 g/mol. The fourth-order valence-corrected chi connectivity index (χ4v) is 5.26. The zero-order valence-electron chi connectivity index (χ0n) is 19.9. The van der Waals surface area contributed by atoms with Crippen LogP contribution in [0.2, 0.25) is 0 Å². The molecule has 3 heterocycles. The third-order valence-electron chi connectivity index (χ3n) is 7.17. The van der Waals surface area contributed by atoms with Crippen molar-refractivity contribution in [2.45, 2.75) is 24.7 Å². The first-order chi connectivity index (χ1) is 17.2. The van der Waals surface area contributed by atoms with Crippen molar-refractivity contribution >= 4 is 17.8 Å². The summed E-state index contributed by atoms with van der Waals surface area (Å²) in [5.41, 5.74) is 0.828. The number of amides is 2. The summed E-state index contributed by atoms with van der Waals surface area (Å²) in [5, 5.41) is 0. The fourth-order valence-electron chi connectivity index (χ4n) is 5.26. The molecule has 1 aromatic heterocycles. The Hall–Kier alpha value is -3.58. The quantitative estimate of drug-likeness (QED) is 0.373. The van der Waals surface area contributed by atoms with Gasteiger partial charge in [-0.3, -0.25) is 19.4 Å². The molecule has 0 unspecified atom stereocenters. The molecule has 2 amide bonds. The van der Waals surface area contributed by atoms with Crippen LogP contribution >= 0.6 is 0 Å². The van der Waals surface area contributed by atoms with E-state index in [1.165, 1.54) is 4.90 Å². The molecular weight excluding hydrogens is 438 g/mol. The highest BCUT2D eigenvalue weighted by molar-refractivity contribution is 6.11. The van der Waals surface area contributed by atoms with E-state index in [1.54, 1.807) is 12.4 Å². The van der Waals surface area contributed by atoms with Crippen molar-refractivity contribution in [1.29, 1.82) is 0 Å². The van der Waals surface area contributed by atoms with E-state index in [2.05, 4.69) is 19.8 Å². The topological polar surface area (TPSA) is 69.6 Å². The molecule has 2 fully saturated rings. The molecule has 180 valence electrons. The van der Waals surface area contributed by atoms with Gasteiger partial charge < -0.3 is 4.90 Å². The van der Waals surface area contributed by atoms with Crippen molar-refractivity contribution in [3.63, 3.8) is 0 Å². The Labute approximate surface area is 206 Å². The Kier molecular flexibility index (Phi) is 6.86. The van der Waals surface area contributed by atoms with E-state index in [-0.39, 0.29) is 18.2 Å². The van der Waals surface area contributed by atoms with Crippen LogP contribution in [-0.2, 0) is 15.0 Å². The number of nitrogens with zero attached hydrogens (tertiary/aromatic N) is 5. The summed E-state index contributed by atoms with van der Waals surface area (Å²) in [6, 6.07) is 21.3. The van der Waals surface area contributed by atoms with Crippen LogP contribution in [0.4, 0.5) is 5.95 Å². The second kappa shape index (κ2) is 10.4. The summed E-state index contributed by atoms with van der Waals surface area (Å²) in [4.78, 5) is 41.7. The van der Waals surface area contributed by atoms with Gasteiger partial charge in [0.05, 0.1) is 0 Å². The molecule has 0 N–H and O–H groups in total. The van der Waals surface area contributed by atoms with Gasteiger partial charge in [-0.15, -0.1) is 0 Å². The predicted octanol–water partition coefficient (Wildman–Crippen LogP) is 3.12. The minimum absolute atomic E-state index is 0.0841. The number of rotatable bonds is 8. The summed E-state index contributed by atoms with van der Waals surface area (Å²) in [7, 11) is 0. The first-order valence-corrected chi connectivity index (χ1v) is 12.4. The zero-order chi connectivity index (χ0) is 24.1. The number of carbonyl (C=O) groups is 2. The number of aromatic nitrogens is 2. The van der Waals surface area contributed by atoms with E-state index < -0.39 is 5.41 Å². The molecule has 0 spiro atoms. The number of imide groups is 1. The number of piperazine rings is 1. The van der Waals surface area contributed by atoms with Gasteiger partial charge in [-0.25, -0.2) is 9.97 Å². The maximum atomic E-state index is 13.8. The molecule has 0 saturated carbocycles. The van der Waals surface area contributed by atoms with Crippen LogP contribution < -0.4 is 4.90 Å². The number of hydrogen-bond donors (Lipinski definition) is 0. The standard InChI is InChI=1S/C28H31N5O2/c34-25-22-28(23-10-3-1-4-11-23,24-12-5-2-6-13-24)26(35)33(25)17-8-7-16-31-18-20-32(21-19-31)27-29-14-9-15-30-27/h1-6,9-15H,7-8,16-22H2. The van der Waals surface area contributed by atoms with E-state index in [0.717, 1.165) is 62.6 Å². The van der Waals surface area contributed by atoms with Gasteiger partial charge >= 0.3 is 0 Å². The third kappa shape index (κ3) is 4.68. The van der Waals surface area contributed by atoms with E-state index >= 15 is 0 Å². The van der Waals surface area contributed by atoms with Crippen LogP contribution in [0.25, 0.3) is 0 Å². The van der Waals surface area contributed by atoms with Crippen LogP contribution in [0, 0.1) is 0 Å². The molecule has 0 bridgehead atoms. The van der Waals surface area contributed by atoms with E-state index in [9.17, 15) is 9.59 Å². The second-order valence-electron chi connectivity index (χ2n) is 9.25. The van der Waals surface area contributed by atoms with Gasteiger partial charge in [0.2, 0.25) is 17.8 Å². The summed E-state index contributed by atoms with van der Waals surface area (Å²) >= 11 is 0. The van der Waals surface area contributed by atoms with Crippen molar-refractivity contribution in [2.24, 2.45) is 0 Å². The minimum atomic E-state index is -0.935. The van der Waals surface area contributed by atoms with Crippen LogP contribution in [0.3, 0.4) is 0 Å². The highest BCUT2D eigenvalue weighted by Crippen LogP contribution is 2.42. The molecular formula is C28H31N5O2. The highest BCUT2D eigenvalue weighted by atomic mass is 16.2. The maximum absolute atomic E-state index is 13.8. The lowest BCUT2D eigenvalue weighted by Gasteiger charge is -2.34. The van der Waals surface area contributed by atoms with Gasteiger partial charge in [0.15, 0.2) is 0 Å². The molecule has 5 rings (SSSR count). The predicted molar refractivity (Wildman–Crippen MR) is 135 cm³/mol. The molecule has 2 saturated heterocycles. The number of benzene rings is 2. The van der Waals surface area contributed by atoms with Crippen molar-refractivity contribution in [3.05, 3.63) is 90.3 Å². The number of unbranched alkanes of at least 4 members (excludes halogenated alkanes) is 1. The summed E-state index contributed by atoms with van der Waals surface area (Å²) in [5.74, 6) is 0.606. The van der Waals surface area contributed by atoms with Gasteiger partial charge in [-0.1, -0.05) is 60.7 Å². The highest BCUT2D eigenvalue weighted by Gasteiger charge is 2.53. The van der Waals surface area contributed by atoms with E-state index in [0.29, 0.717) is 6.54 Å². The average molecular weight is 470 g/mol. The number of carbonyl (C=O) groups excluding carboxylic acids is 2.